The molecule has 13 heavy (non-hydrogen) atoms. The molecule has 1 aliphatic heterocycles. The van der Waals surface area contributed by atoms with E-state index in [1.165, 1.54) is 0 Å². The van der Waals surface area contributed by atoms with Gasteiger partial charge in [0.05, 0.1) is 12.7 Å². The van der Waals surface area contributed by atoms with Crippen molar-refractivity contribution < 1.29 is 4.79 Å². The van der Waals surface area contributed by atoms with Gasteiger partial charge in [0.1, 0.15) is 10.4 Å². The highest BCUT2D eigenvalue weighted by Crippen LogP contribution is 2.17. The molecule has 0 bridgehead atoms. The molecule has 0 saturated heterocycles. The third-order valence-corrected chi connectivity index (χ3v) is 2.89. The van der Waals surface area contributed by atoms with Gasteiger partial charge in [-0.25, -0.2) is 4.98 Å². The Bertz CT molecular complexity index is 347. The fraction of sp³-hybridized carbons (Fsp3) is 0.500. The van der Waals surface area contributed by atoms with Crippen molar-refractivity contribution in [3.05, 3.63) is 16.6 Å². The molecule has 0 spiro atoms. The van der Waals surface area contributed by atoms with Gasteiger partial charge in [0.15, 0.2) is 0 Å². The highest BCUT2D eigenvalue weighted by Gasteiger charge is 2.19. The van der Waals surface area contributed by atoms with E-state index >= 15 is 0 Å². The smallest absolute Gasteiger partial charge is 0.219 e. The molecular formula is C8H10BrN3O. The fourth-order valence-corrected chi connectivity index (χ4v) is 1.98. The van der Waals surface area contributed by atoms with Crippen LogP contribution in [-0.4, -0.2) is 26.9 Å². The summed E-state index contributed by atoms with van der Waals surface area (Å²) in [5.41, 5.74) is 0. The van der Waals surface area contributed by atoms with Crippen LogP contribution in [0.1, 0.15) is 12.7 Å². The second-order valence-corrected chi connectivity index (χ2v) is 3.90. The summed E-state index contributed by atoms with van der Waals surface area (Å²) in [6.07, 6.45) is 1.78. The average Bonchev–Trinajstić information content (AvgIpc) is 2.47. The van der Waals surface area contributed by atoms with Crippen LogP contribution in [0.3, 0.4) is 0 Å². The maximum absolute atomic E-state index is 11.1. The number of halogens is 1. The molecule has 0 N–H and O–H groups in total. The minimum Gasteiger partial charge on any atom is -0.334 e. The highest BCUT2D eigenvalue weighted by atomic mass is 79.9. The molecule has 0 aliphatic carbocycles. The van der Waals surface area contributed by atoms with Gasteiger partial charge in [-0.1, -0.05) is 0 Å². The van der Waals surface area contributed by atoms with Crippen LogP contribution in [0.5, 0.6) is 0 Å². The quantitative estimate of drug-likeness (QED) is 0.683. The Hall–Kier alpha value is -0.840. The van der Waals surface area contributed by atoms with Crippen LogP contribution in [0.4, 0.5) is 0 Å². The van der Waals surface area contributed by atoms with Gasteiger partial charge in [-0.2, -0.15) is 0 Å². The summed E-state index contributed by atoms with van der Waals surface area (Å²) in [7, 11) is 0. The van der Waals surface area contributed by atoms with E-state index in [9.17, 15) is 4.79 Å². The zero-order chi connectivity index (χ0) is 9.42. The molecule has 5 heteroatoms. The molecule has 2 heterocycles. The van der Waals surface area contributed by atoms with Gasteiger partial charge in [-0.3, -0.25) is 4.79 Å². The van der Waals surface area contributed by atoms with E-state index in [1.807, 2.05) is 0 Å². The van der Waals surface area contributed by atoms with Crippen molar-refractivity contribution >= 4 is 21.8 Å². The second-order valence-electron chi connectivity index (χ2n) is 3.09. The van der Waals surface area contributed by atoms with E-state index in [1.54, 1.807) is 18.0 Å². The average molecular weight is 244 g/mol. The van der Waals surface area contributed by atoms with Gasteiger partial charge in [-0.15, -0.1) is 0 Å². The lowest BCUT2D eigenvalue weighted by Gasteiger charge is -2.26. The van der Waals surface area contributed by atoms with Crippen molar-refractivity contribution in [3.63, 3.8) is 0 Å². The van der Waals surface area contributed by atoms with Crippen LogP contribution in [0.25, 0.3) is 0 Å². The lowest BCUT2D eigenvalue weighted by molar-refractivity contribution is -0.130. The largest absolute Gasteiger partial charge is 0.334 e. The van der Waals surface area contributed by atoms with E-state index in [2.05, 4.69) is 25.5 Å². The Morgan fingerprint density at radius 2 is 2.38 bits per heavy atom. The van der Waals surface area contributed by atoms with E-state index in [0.717, 1.165) is 23.5 Å². The van der Waals surface area contributed by atoms with Crippen molar-refractivity contribution in [2.75, 3.05) is 6.54 Å². The summed E-state index contributed by atoms with van der Waals surface area (Å²) in [5.74, 6) is 1.07. The number of carbonyl (C=O) groups is 1. The molecule has 1 aromatic heterocycles. The topological polar surface area (TPSA) is 38.1 Å². The monoisotopic (exact) mass is 243 g/mol. The summed E-state index contributed by atoms with van der Waals surface area (Å²) in [6, 6.07) is 0. The first-order valence-corrected chi connectivity index (χ1v) is 4.93. The summed E-state index contributed by atoms with van der Waals surface area (Å²) in [6.45, 7) is 3.82. The highest BCUT2D eigenvalue weighted by molar-refractivity contribution is 9.10. The molecular weight excluding hydrogens is 234 g/mol. The summed E-state index contributed by atoms with van der Waals surface area (Å²) in [5, 5.41) is 0. The third-order valence-electron chi connectivity index (χ3n) is 2.26. The number of amides is 1. The summed E-state index contributed by atoms with van der Waals surface area (Å²) in [4.78, 5) is 17.1. The first kappa shape index (κ1) is 8.74. The Balaban J connectivity index is 2.25. The molecule has 0 fully saturated rings. The summed E-state index contributed by atoms with van der Waals surface area (Å²) >= 11 is 3.41. The molecule has 0 aromatic carbocycles. The Morgan fingerprint density at radius 1 is 1.62 bits per heavy atom. The van der Waals surface area contributed by atoms with Crippen LogP contribution >= 0.6 is 15.9 Å². The van der Waals surface area contributed by atoms with Gasteiger partial charge in [0, 0.05) is 20.0 Å². The Kier molecular flexibility index (Phi) is 2.11. The number of carbonyl (C=O) groups excluding carboxylic acids is 1. The Morgan fingerprint density at radius 3 is 3.08 bits per heavy atom. The van der Waals surface area contributed by atoms with Crippen LogP contribution < -0.4 is 0 Å². The lowest BCUT2D eigenvalue weighted by Crippen LogP contribution is -2.37. The van der Waals surface area contributed by atoms with E-state index < -0.39 is 0 Å². The van der Waals surface area contributed by atoms with Crippen LogP contribution in [0, 0.1) is 0 Å². The third kappa shape index (κ3) is 1.48. The SMILES string of the molecule is CC(=O)N1CCn2c(Br)cnc2C1. The molecule has 0 radical (unpaired) electrons. The summed E-state index contributed by atoms with van der Waals surface area (Å²) < 4.78 is 3.07. The van der Waals surface area contributed by atoms with Crippen molar-refractivity contribution in [3.8, 4) is 0 Å². The second kappa shape index (κ2) is 3.14. The zero-order valence-corrected chi connectivity index (χ0v) is 8.91. The van der Waals surface area contributed by atoms with Gasteiger partial charge < -0.3 is 9.47 Å². The van der Waals surface area contributed by atoms with Crippen LogP contribution in [-0.2, 0) is 17.9 Å². The van der Waals surface area contributed by atoms with Gasteiger partial charge in [-0.05, 0) is 15.9 Å². The minimum atomic E-state index is 0.116. The number of hydrogen-bond donors (Lipinski definition) is 0. The number of aromatic nitrogens is 2. The number of hydrogen-bond acceptors (Lipinski definition) is 2. The lowest BCUT2D eigenvalue weighted by atomic mass is 10.3. The number of rotatable bonds is 0. The predicted octanol–water partition coefficient (Wildman–Crippen LogP) is 1.01. The number of imidazole rings is 1. The molecule has 1 aromatic rings. The number of nitrogens with zero attached hydrogens (tertiary/aromatic N) is 3. The van der Waals surface area contributed by atoms with Gasteiger partial charge >= 0.3 is 0 Å². The maximum atomic E-state index is 11.1. The van der Waals surface area contributed by atoms with Gasteiger partial charge in [0.25, 0.3) is 0 Å². The van der Waals surface area contributed by atoms with E-state index in [0.29, 0.717) is 6.54 Å². The first-order chi connectivity index (χ1) is 6.18. The molecule has 0 atom stereocenters. The van der Waals surface area contributed by atoms with Gasteiger partial charge in [0.2, 0.25) is 5.91 Å². The Labute approximate surface area is 84.7 Å². The zero-order valence-electron chi connectivity index (χ0n) is 7.33. The maximum Gasteiger partial charge on any atom is 0.219 e. The minimum absolute atomic E-state index is 0.116. The van der Waals surface area contributed by atoms with Crippen molar-refractivity contribution in [1.82, 2.24) is 14.5 Å². The fourth-order valence-electron chi connectivity index (χ4n) is 1.49. The molecule has 1 aliphatic rings. The molecule has 2 rings (SSSR count). The van der Waals surface area contributed by atoms with Crippen molar-refractivity contribution in [2.24, 2.45) is 0 Å². The van der Waals surface area contributed by atoms with E-state index in [4.69, 9.17) is 0 Å². The van der Waals surface area contributed by atoms with Crippen LogP contribution in [0.15, 0.2) is 10.8 Å². The predicted molar refractivity (Wildman–Crippen MR) is 51.0 cm³/mol. The molecule has 0 unspecified atom stereocenters. The number of fused-ring (bicyclic) bond motifs is 1. The molecule has 0 saturated carbocycles. The standard InChI is InChI=1S/C8H10BrN3O/c1-6(13)11-2-3-12-7(9)4-10-8(12)5-11/h4H,2-3,5H2,1H3. The first-order valence-electron chi connectivity index (χ1n) is 4.14. The molecule has 70 valence electrons. The van der Waals surface area contributed by atoms with E-state index in [-0.39, 0.29) is 5.91 Å². The molecule has 4 nitrogen and oxygen atoms in total. The van der Waals surface area contributed by atoms with Crippen LogP contribution in [0.2, 0.25) is 0 Å². The molecule has 1 amide bonds. The van der Waals surface area contributed by atoms with Crippen molar-refractivity contribution in [1.29, 1.82) is 0 Å². The van der Waals surface area contributed by atoms with Crippen molar-refractivity contribution in [2.45, 2.75) is 20.0 Å². The normalized spacial score (nSPS) is 15.7.